The summed E-state index contributed by atoms with van der Waals surface area (Å²) in [6, 6.07) is 7.95. The van der Waals surface area contributed by atoms with Gasteiger partial charge in [0.2, 0.25) is 5.91 Å². The van der Waals surface area contributed by atoms with E-state index in [1.165, 1.54) is 5.56 Å². The molecule has 1 aromatic rings. The highest BCUT2D eigenvalue weighted by atomic mass is 35.5. The number of halogens is 1. The average Bonchev–Trinajstić information content (AvgIpc) is 2.37. The van der Waals surface area contributed by atoms with E-state index in [0.717, 1.165) is 18.6 Å². The van der Waals surface area contributed by atoms with Crippen LogP contribution in [0.15, 0.2) is 24.3 Å². The lowest BCUT2D eigenvalue weighted by molar-refractivity contribution is -0.121. The number of hydrogen-bond donors (Lipinski definition) is 1. The first kappa shape index (κ1) is 14.8. The number of rotatable bonds is 8. The van der Waals surface area contributed by atoms with Gasteiger partial charge in [-0.25, -0.2) is 0 Å². The van der Waals surface area contributed by atoms with Crippen LogP contribution in [0.1, 0.15) is 25.3 Å². The second-order valence-electron chi connectivity index (χ2n) is 3.97. The molecule has 1 amide bonds. The van der Waals surface area contributed by atoms with Crippen molar-refractivity contribution >= 4 is 17.5 Å². The van der Waals surface area contributed by atoms with Gasteiger partial charge in [0.25, 0.3) is 0 Å². The number of benzene rings is 1. The fourth-order valence-corrected chi connectivity index (χ4v) is 1.75. The van der Waals surface area contributed by atoms with Gasteiger partial charge >= 0.3 is 0 Å². The average molecular weight is 270 g/mol. The minimum absolute atomic E-state index is 0.0663. The molecule has 4 heteroatoms. The van der Waals surface area contributed by atoms with Crippen molar-refractivity contribution in [1.82, 2.24) is 5.32 Å². The standard InChI is InChI=1S/C14H20ClNO2/c1-2-18-13-6-3-5-12(11-13)8-10-16-14(17)7-4-9-15/h3,5-6,11H,2,4,7-10H2,1H3,(H,16,17). The number of nitrogens with one attached hydrogen (secondary N) is 1. The van der Waals surface area contributed by atoms with E-state index >= 15 is 0 Å². The molecule has 0 bridgehead atoms. The summed E-state index contributed by atoms with van der Waals surface area (Å²) in [5.41, 5.74) is 1.17. The molecule has 0 atom stereocenters. The predicted molar refractivity (Wildman–Crippen MR) is 74.3 cm³/mol. The van der Waals surface area contributed by atoms with Crippen LogP contribution >= 0.6 is 11.6 Å². The highest BCUT2D eigenvalue weighted by Gasteiger charge is 2.01. The SMILES string of the molecule is CCOc1cccc(CCNC(=O)CCCCl)c1. The smallest absolute Gasteiger partial charge is 0.220 e. The Morgan fingerprint density at radius 2 is 2.28 bits per heavy atom. The van der Waals surface area contributed by atoms with Crippen LogP contribution < -0.4 is 10.1 Å². The summed E-state index contributed by atoms with van der Waals surface area (Å²) in [4.78, 5) is 11.4. The van der Waals surface area contributed by atoms with Gasteiger partial charge in [-0.1, -0.05) is 12.1 Å². The fourth-order valence-electron chi connectivity index (χ4n) is 1.62. The monoisotopic (exact) mass is 269 g/mol. The highest BCUT2D eigenvalue weighted by Crippen LogP contribution is 2.13. The van der Waals surface area contributed by atoms with E-state index in [1.54, 1.807) is 0 Å². The Bertz CT molecular complexity index is 369. The number of amides is 1. The van der Waals surface area contributed by atoms with E-state index in [9.17, 15) is 4.79 Å². The molecule has 1 N–H and O–H groups in total. The number of ether oxygens (including phenoxy) is 1. The van der Waals surface area contributed by atoms with Crippen molar-refractivity contribution in [3.8, 4) is 5.75 Å². The maximum Gasteiger partial charge on any atom is 0.220 e. The normalized spacial score (nSPS) is 10.1. The Morgan fingerprint density at radius 1 is 1.44 bits per heavy atom. The van der Waals surface area contributed by atoms with Crippen molar-refractivity contribution in [2.24, 2.45) is 0 Å². The molecule has 0 aliphatic heterocycles. The molecule has 18 heavy (non-hydrogen) atoms. The first-order valence-electron chi connectivity index (χ1n) is 6.30. The zero-order chi connectivity index (χ0) is 13.2. The topological polar surface area (TPSA) is 38.3 Å². The van der Waals surface area contributed by atoms with Crippen molar-refractivity contribution in [3.05, 3.63) is 29.8 Å². The first-order valence-corrected chi connectivity index (χ1v) is 6.84. The summed E-state index contributed by atoms with van der Waals surface area (Å²) in [7, 11) is 0. The van der Waals surface area contributed by atoms with E-state index in [1.807, 2.05) is 31.2 Å². The minimum atomic E-state index is 0.0663. The third kappa shape index (κ3) is 5.92. The molecule has 0 saturated carbocycles. The molecule has 0 radical (unpaired) electrons. The Balaban J connectivity index is 2.30. The van der Waals surface area contributed by atoms with Crippen LogP contribution in [0.2, 0.25) is 0 Å². The molecule has 0 saturated heterocycles. The van der Waals surface area contributed by atoms with Gasteiger partial charge < -0.3 is 10.1 Å². The lowest BCUT2D eigenvalue weighted by atomic mass is 10.1. The van der Waals surface area contributed by atoms with E-state index < -0.39 is 0 Å². The third-order valence-electron chi connectivity index (χ3n) is 2.48. The maximum atomic E-state index is 11.4. The number of carbonyl (C=O) groups excluding carboxylic acids is 1. The summed E-state index contributed by atoms with van der Waals surface area (Å²) < 4.78 is 5.43. The predicted octanol–water partition coefficient (Wildman–Crippen LogP) is 2.76. The second kappa shape index (κ2) is 8.81. The van der Waals surface area contributed by atoms with Gasteiger partial charge in [-0.05, 0) is 37.5 Å². The molecule has 0 spiro atoms. The Hall–Kier alpha value is -1.22. The number of carbonyl (C=O) groups is 1. The molecule has 0 heterocycles. The van der Waals surface area contributed by atoms with Crippen molar-refractivity contribution in [1.29, 1.82) is 0 Å². The van der Waals surface area contributed by atoms with E-state index in [2.05, 4.69) is 5.32 Å². The van der Waals surface area contributed by atoms with Crippen molar-refractivity contribution in [2.75, 3.05) is 19.0 Å². The van der Waals surface area contributed by atoms with Crippen LogP contribution in [0, 0.1) is 0 Å². The largest absolute Gasteiger partial charge is 0.494 e. The number of alkyl halides is 1. The van der Waals surface area contributed by atoms with Crippen molar-refractivity contribution in [2.45, 2.75) is 26.2 Å². The molecular formula is C14H20ClNO2. The molecule has 100 valence electrons. The van der Waals surface area contributed by atoms with Gasteiger partial charge in [-0.15, -0.1) is 11.6 Å². The Labute approximate surface area is 113 Å². The van der Waals surface area contributed by atoms with Gasteiger partial charge in [0.05, 0.1) is 6.61 Å². The fraction of sp³-hybridized carbons (Fsp3) is 0.500. The molecule has 3 nitrogen and oxygen atoms in total. The zero-order valence-electron chi connectivity index (χ0n) is 10.7. The lowest BCUT2D eigenvalue weighted by Crippen LogP contribution is -2.25. The van der Waals surface area contributed by atoms with Crippen LogP contribution in [-0.4, -0.2) is 24.9 Å². The molecule has 0 aromatic heterocycles. The third-order valence-corrected chi connectivity index (χ3v) is 2.75. The zero-order valence-corrected chi connectivity index (χ0v) is 11.5. The molecular weight excluding hydrogens is 250 g/mol. The summed E-state index contributed by atoms with van der Waals surface area (Å²) in [6.45, 7) is 3.28. The molecule has 0 aliphatic rings. The van der Waals surface area contributed by atoms with Crippen LogP contribution in [0.3, 0.4) is 0 Å². The second-order valence-corrected chi connectivity index (χ2v) is 4.35. The van der Waals surface area contributed by atoms with Crippen LogP contribution in [0.5, 0.6) is 5.75 Å². The van der Waals surface area contributed by atoms with E-state index in [-0.39, 0.29) is 5.91 Å². The van der Waals surface area contributed by atoms with Crippen molar-refractivity contribution in [3.63, 3.8) is 0 Å². The lowest BCUT2D eigenvalue weighted by Gasteiger charge is -2.07. The summed E-state index contributed by atoms with van der Waals surface area (Å²) in [6.07, 6.45) is 2.04. The maximum absolute atomic E-state index is 11.4. The van der Waals surface area contributed by atoms with Gasteiger partial charge in [0, 0.05) is 18.8 Å². The minimum Gasteiger partial charge on any atom is -0.494 e. The first-order chi connectivity index (χ1) is 8.76. The Morgan fingerprint density at radius 3 is 3.00 bits per heavy atom. The van der Waals surface area contributed by atoms with Crippen molar-refractivity contribution < 1.29 is 9.53 Å². The summed E-state index contributed by atoms with van der Waals surface area (Å²) in [5, 5.41) is 2.88. The van der Waals surface area contributed by atoms with Gasteiger partial charge in [-0.3, -0.25) is 4.79 Å². The summed E-state index contributed by atoms with van der Waals surface area (Å²) >= 11 is 5.53. The highest BCUT2D eigenvalue weighted by molar-refractivity contribution is 6.17. The van der Waals surface area contributed by atoms with Crippen LogP contribution in [-0.2, 0) is 11.2 Å². The van der Waals surface area contributed by atoms with E-state index in [0.29, 0.717) is 25.5 Å². The van der Waals surface area contributed by atoms with E-state index in [4.69, 9.17) is 16.3 Å². The molecule has 1 rings (SSSR count). The molecule has 0 aliphatic carbocycles. The molecule has 0 fully saturated rings. The number of hydrogen-bond acceptors (Lipinski definition) is 2. The van der Waals surface area contributed by atoms with Gasteiger partial charge in [0.15, 0.2) is 0 Å². The Kier molecular flexibility index (Phi) is 7.26. The quantitative estimate of drug-likeness (QED) is 0.737. The van der Waals surface area contributed by atoms with Crippen LogP contribution in [0.4, 0.5) is 0 Å². The summed E-state index contributed by atoms with van der Waals surface area (Å²) in [5.74, 6) is 1.48. The van der Waals surface area contributed by atoms with Gasteiger partial charge in [-0.2, -0.15) is 0 Å². The molecule has 1 aromatic carbocycles. The van der Waals surface area contributed by atoms with Crippen LogP contribution in [0.25, 0.3) is 0 Å². The molecule has 0 unspecified atom stereocenters. The van der Waals surface area contributed by atoms with Gasteiger partial charge in [0.1, 0.15) is 5.75 Å².